The maximum Gasteiger partial charge on any atom is 0.433 e. The Balaban J connectivity index is 1.79. The van der Waals surface area contributed by atoms with E-state index in [0.29, 0.717) is 11.3 Å². The van der Waals surface area contributed by atoms with Gasteiger partial charge >= 0.3 is 6.18 Å². The molecule has 5 nitrogen and oxygen atoms in total. The van der Waals surface area contributed by atoms with E-state index in [4.69, 9.17) is 16.3 Å². The van der Waals surface area contributed by atoms with Crippen LogP contribution in [0.5, 0.6) is 5.75 Å². The van der Waals surface area contributed by atoms with Crippen LogP contribution in [-0.2, 0) is 11.0 Å². The number of nitrogens with one attached hydrogen (secondary N) is 1. The van der Waals surface area contributed by atoms with Crippen molar-refractivity contribution in [2.45, 2.75) is 11.3 Å². The third-order valence-electron chi connectivity index (χ3n) is 3.92. The minimum atomic E-state index is -4.69. The number of nitrogens with zero attached hydrogens (tertiary/aromatic N) is 2. The number of thioether (sulfide) groups is 1. The number of methoxy groups -OCH3 is 1. The molecule has 3 aromatic rings. The molecule has 0 spiro atoms. The number of hydrogen-bond acceptors (Lipinski definition) is 5. The van der Waals surface area contributed by atoms with Gasteiger partial charge in [0, 0.05) is 11.3 Å². The van der Waals surface area contributed by atoms with Gasteiger partial charge in [-0.25, -0.2) is 14.4 Å². The first-order chi connectivity index (χ1) is 14.7. The number of alkyl halides is 3. The van der Waals surface area contributed by atoms with E-state index in [9.17, 15) is 22.4 Å². The first-order valence-electron chi connectivity index (χ1n) is 8.64. The highest BCUT2D eigenvalue weighted by molar-refractivity contribution is 7.99. The number of carbonyl (C=O) groups is 1. The van der Waals surface area contributed by atoms with E-state index < -0.39 is 23.6 Å². The van der Waals surface area contributed by atoms with Gasteiger partial charge < -0.3 is 10.1 Å². The van der Waals surface area contributed by atoms with Gasteiger partial charge in [0.25, 0.3) is 0 Å². The molecule has 0 radical (unpaired) electrons. The summed E-state index contributed by atoms with van der Waals surface area (Å²) in [7, 11) is 1.47. The molecule has 0 aliphatic carbocycles. The fourth-order valence-corrected chi connectivity index (χ4v) is 3.28. The number of benzene rings is 2. The van der Waals surface area contributed by atoms with E-state index in [1.54, 1.807) is 24.3 Å². The Morgan fingerprint density at radius 3 is 2.45 bits per heavy atom. The molecule has 0 saturated heterocycles. The van der Waals surface area contributed by atoms with Crippen molar-refractivity contribution < 1.29 is 27.1 Å². The summed E-state index contributed by atoms with van der Waals surface area (Å²) in [6.07, 6.45) is -4.69. The Kier molecular flexibility index (Phi) is 7.01. The zero-order valence-electron chi connectivity index (χ0n) is 15.8. The average molecular weight is 472 g/mol. The minimum absolute atomic E-state index is 0.0539. The topological polar surface area (TPSA) is 64.1 Å². The van der Waals surface area contributed by atoms with Gasteiger partial charge in [-0.3, -0.25) is 4.79 Å². The van der Waals surface area contributed by atoms with Crippen LogP contribution < -0.4 is 10.1 Å². The summed E-state index contributed by atoms with van der Waals surface area (Å²) in [4.78, 5) is 19.8. The fourth-order valence-electron chi connectivity index (χ4n) is 2.45. The van der Waals surface area contributed by atoms with Crippen LogP contribution in [0.4, 0.5) is 23.2 Å². The molecule has 0 saturated carbocycles. The molecule has 1 amide bonds. The highest BCUT2D eigenvalue weighted by Gasteiger charge is 2.34. The number of rotatable bonds is 6. The van der Waals surface area contributed by atoms with Crippen LogP contribution in [0.25, 0.3) is 11.3 Å². The van der Waals surface area contributed by atoms with Gasteiger partial charge in [0.15, 0.2) is 5.16 Å². The third-order valence-corrected chi connectivity index (χ3v) is 5.05. The van der Waals surface area contributed by atoms with Crippen molar-refractivity contribution in [2.24, 2.45) is 0 Å². The summed E-state index contributed by atoms with van der Waals surface area (Å²) in [5.74, 6) is -0.906. The standard InChI is InChI=1S/C20H14ClF4N3O2S/c1-30-13-5-2-11(3-6-13)16-9-17(20(23,24)25)28-19(27-16)31-10-18(29)26-12-4-7-15(22)14(21)8-12/h2-9H,10H2,1H3,(H,26,29). The van der Waals surface area contributed by atoms with Crippen LogP contribution in [0.15, 0.2) is 53.7 Å². The molecule has 2 aromatic carbocycles. The number of anilines is 1. The van der Waals surface area contributed by atoms with Crippen molar-refractivity contribution in [2.75, 3.05) is 18.2 Å². The number of ether oxygens (including phenoxy) is 1. The molecule has 0 atom stereocenters. The van der Waals surface area contributed by atoms with Gasteiger partial charge in [0.05, 0.1) is 23.6 Å². The average Bonchev–Trinajstić information content (AvgIpc) is 2.74. The van der Waals surface area contributed by atoms with E-state index in [0.717, 1.165) is 23.9 Å². The first kappa shape index (κ1) is 22.8. The monoisotopic (exact) mass is 471 g/mol. The Morgan fingerprint density at radius 1 is 1.13 bits per heavy atom. The summed E-state index contributed by atoms with van der Waals surface area (Å²) in [6.45, 7) is 0. The first-order valence-corrected chi connectivity index (χ1v) is 10.0. The normalized spacial score (nSPS) is 11.3. The van der Waals surface area contributed by atoms with E-state index in [1.165, 1.54) is 19.2 Å². The van der Waals surface area contributed by atoms with Crippen LogP contribution in [0, 0.1) is 5.82 Å². The zero-order chi connectivity index (χ0) is 22.6. The van der Waals surface area contributed by atoms with Crippen molar-refractivity contribution >= 4 is 35.0 Å². The second-order valence-corrected chi connectivity index (χ2v) is 7.46. The van der Waals surface area contributed by atoms with Gasteiger partial charge in [-0.1, -0.05) is 23.4 Å². The summed E-state index contributed by atoms with van der Waals surface area (Å²) in [6, 6.07) is 10.8. The number of halogens is 5. The van der Waals surface area contributed by atoms with Crippen LogP contribution in [-0.4, -0.2) is 28.7 Å². The quantitative estimate of drug-likeness (QED) is 0.284. The van der Waals surface area contributed by atoms with E-state index in [-0.39, 0.29) is 27.3 Å². The summed E-state index contributed by atoms with van der Waals surface area (Å²) >= 11 is 6.40. The maximum atomic E-state index is 13.3. The molecule has 0 unspecified atom stereocenters. The second-order valence-electron chi connectivity index (χ2n) is 6.11. The highest BCUT2D eigenvalue weighted by Crippen LogP contribution is 2.32. The highest BCUT2D eigenvalue weighted by atomic mass is 35.5. The molecular formula is C20H14ClF4N3O2S. The SMILES string of the molecule is COc1ccc(-c2cc(C(F)(F)F)nc(SCC(=O)Nc3ccc(F)c(Cl)c3)n2)cc1. The van der Waals surface area contributed by atoms with Gasteiger partial charge in [-0.05, 0) is 48.5 Å². The molecule has 0 bridgehead atoms. The second kappa shape index (κ2) is 9.52. The van der Waals surface area contributed by atoms with Crippen LogP contribution in [0.2, 0.25) is 5.02 Å². The largest absolute Gasteiger partial charge is 0.497 e. The lowest BCUT2D eigenvalue weighted by molar-refractivity contribution is -0.141. The molecule has 1 aromatic heterocycles. The number of aromatic nitrogens is 2. The fraction of sp³-hybridized carbons (Fsp3) is 0.150. The smallest absolute Gasteiger partial charge is 0.433 e. The number of hydrogen-bond donors (Lipinski definition) is 1. The summed E-state index contributed by atoms with van der Waals surface area (Å²) < 4.78 is 58.1. The minimum Gasteiger partial charge on any atom is -0.497 e. The molecule has 31 heavy (non-hydrogen) atoms. The number of amides is 1. The Labute approximate surface area is 183 Å². The van der Waals surface area contributed by atoms with Gasteiger partial charge in [-0.15, -0.1) is 0 Å². The molecule has 3 rings (SSSR count). The Hall–Kier alpha value is -2.85. The van der Waals surface area contributed by atoms with Crippen molar-refractivity contribution in [1.29, 1.82) is 0 Å². The van der Waals surface area contributed by atoms with Crippen molar-refractivity contribution in [3.63, 3.8) is 0 Å². The van der Waals surface area contributed by atoms with Crippen LogP contribution >= 0.6 is 23.4 Å². The predicted octanol–water partition coefficient (Wildman–Crippen LogP) is 5.69. The molecule has 0 fully saturated rings. The van der Waals surface area contributed by atoms with E-state index in [1.807, 2.05) is 0 Å². The molecule has 0 aliphatic rings. The van der Waals surface area contributed by atoms with E-state index in [2.05, 4.69) is 15.3 Å². The Bertz CT molecular complexity index is 1090. The lowest BCUT2D eigenvalue weighted by Crippen LogP contribution is -2.15. The predicted molar refractivity (Wildman–Crippen MR) is 110 cm³/mol. The van der Waals surface area contributed by atoms with Gasteiger partial charge in [-0.2, -0.15) is 13.2 Å². The maximum absolute atomic E-state index is 13.3. The lowest BCUT2D eigenvalue weighted by atomic mass is 10.1. The summed E-state index contributed by atoms with van der Waals surface area (Å²) in [5.41, 5.74) is -0.387. The van der Waals surface area contributed by atoms with Crippen molar-refractivity contribution in [3.8, 4) is 17.0 Å². The van der Waals surface area contributed by atoms with Gasteiger partial charge in [0.2, 0.25) is 5.91 Å². The lowest BCUT2D eigenvalue weighted by Gasteiger charge is -2.11. The Morgan fingerprint density at radius 2 is 1.84 bits per heavy atom. The van der Waals surface area contributed by atoms with Gasteiger partial charge in [0.1, 0.15) is 17.3 Å². The van der Waals surface area contributed by atoms with E-state index >= 15 is 0 Å². The molecule has 11 heteroatoms. The molecular weight excluding hydrogens is 458 g/mol. The summed E-state index contributed by atoms with van der Waals surface area (Å²) in [5, 5.41) is 2.10. The van der Waals surface area contributed by atoms with Crippen molar-refractivity contribution in [1.82, 2.24) is 9.97 Å². The van der Waals surface area contributed by atoms with Crippen LogP contribution in [0.3, 0.4) is 0 Å². The zero-order valence-corrected chi connectivity index (χ0v) is 17.4. The third kappa shape index (κ3) is 6.08. The molecule has 162 valence electrons. The van der Waals surface area contributed by atoms with Crippen molar-refractivity contribution in [3.05, 3.63) is 65.1 Å². The molecule has 1 heterocycles. The van der Waals surface area contributed by atoms with Crippen LogP contribution in [0.1, 0.15) is 5.69 Å². The molecule has 0 aliphatic heterocycles. The number of carbonyl (C=O) groups excluding carboxylic acids is 1. The molecule has 1 N–H and O–H groups in total.